The lowest BCUT2D eigenvalue weighted by atomic mass is 10.1. The third-order valence-electron chi connectivity index (χ3n) is 3.00. The lowest BCUT2D eigenvalue weighted by molar-refractivity contribution is 0.100. The number of hydrogen-bond donors (Lipinski definition) is 1. The van der Waals surface area contributed by atoms with Crippen LogP contribution >= 0.6 is 22.9 Å². The topological polar surface area (TPSA) is 55.4 Å². The highest BCUT2D eigenvalue weighted by Gasteiger charge is 2.21. The molecule has 2 aromatic rings. The van der Waals surface area contributed by atoms with Gasteiger partial charge in [-0.25, -0.2) is 0 Å². The number of halogens is 1. The molecule has 0 radical (unpaired) electrons. The zero-order chi connectivity index (χ0) is 13.4. The van der Waals surface area contributed by atoms with Crippen LogP contribution in [-0.4, -0.2) is 11.7 Å². The second-order valence-corrected chi connectivity index (χ2v) is 6.03. The second-order valence-electron chi connectivity index (χ2n) is 4.40. The van der Waals surface area contributed by atoms with Gasteiger partial charge < -0.3 is 5.73 Å². The number of nitrogens with two attached hydrogens (primary N) is 1. The van der Waals surface area contributed by atoms with Gasteiger partial charge in [-0.2, -0.15) is 4.99 Å². The summed E-state index contributed by atoms with van der Waals surface area (Å²) < 4.78 is 0. The molecule has 0 unspecified atom stereocenters. The van der Waals surface area contributed by atoms with E-state index in [0.717, 1.165) is 26.8 Å². The van der Waals surface area contributed by atoms with Crippen LogP contribution in [0.15, 0.2) is 35.3 Å². The summed E-state index contributed by atoms with van der Waals surface area (Å²) in [5.74, 6) is 0.157. The molecule has 1 amide bonds. The van der Waals surface area contributed by atoms with Crippen LogP contribution in [0.25, 0.3) is 0 Å². The van der Waals surface area contributed by atoms with Crippen molar-refractivity contribution in [2.75, 3.05) is 0 Å². The van der Waals surface area contributed by atoms with Crippen molar-refractivity contribution < 1.29 is 4.79 Å². The molecule has 0 fully saturated rings. The smallest absolute Gasteiger partial charge is 0.279 e. The van der Waals surface area contributed by atoms with Crippen LogP contribution in [-0.2, 0) is 12.8 Å². The fraction of sp³-hybridized carbons (Fsp3) is 0.143. The van der Waals surface area contributed by atoms with Gasteiger partial charge in [-0.1, -0.05) is 29.8 Å². The van der Waals surface area contributed by atoms with Gasteiger partial charge in [-0.15, -0.1) is 11.3 Å². The van der Waals surface area contributed by atoms with Gasteiger partial charge in [-0.3, -0.25) is 4.79 Å². The van der Waals surface area contributed by atoms with Crippen molar-refractivity contribution >= 4 is 34.7 Å². The molecule has 0 aliphatic carbocycles. The molecule has 1 aliphatic rings. The second kappa shape index (κ2) is 4.79. The molecule has 2 N–H and O–H groups in total. The van der Waals surface area contributed by atoms with Gasteiger partial charge >= 0.3 is 0 Å². The average molecular weight is 291 g/mol. The summed E-state index contributed by atoms with van der Waals surface area (Å²) >= 11 is 7.75. The maximum atomic E-state index is 11.7. The first-order valence-electron chi connectivity index (χ1n) is 5.86. The molecule has 1 aromatic heterocycles. The Kier molecular flexibility index (Phi) is 3.12. The Bertz CT molecular complexity index is 691. The Labute approximate surface area is 119 Å². The monoisotopic (exact) mass is 290 g/mol. The SMILES string of the molecule is NC1=NC(=O)c2cc(Cc3ccccc3Cl)sc2C1. The van der Waals surface area contributed by atoms with Crippen molar-refractivity contribution in [3.8, 4) is 0 Å². The number of nitrogens with zero attached hydrogens (tertiary/aromatic N) is 1. The Hall–Kier alpha value is -1.65. The molecular weight excluding hydrogens is 280 g/mol. The number of amidine groups is 1. The summed E-state index contributed by atoms with van der Waals surface area (Å²) in [6.07, 6.45) is 1.29. The highest BCUT2D eigenvalue weighted by Crippen LogP contribution is 2.29. The van der Waals surface area contributed by atoms with E-state index in [1.807, 2.05) is 30.3 Å². The standard InChI is InChI=1S/C14H11ClN2OS/c15-11-4-2-1-3-8(11)5-9-6-10-12(19-9)7-13(16)17-14(10)18/h1-4,6H,5,7H2,(H2,16,17,18). The van der Waals surface area contributed by atoms with Gasteiger partial charge in [-0.05, 0) is 17.7 Å². The van der Waals surface area contributed by atoms with Crippen molar-refractivity contribution in [3.63, 3.8) is 0 Å². The van der Waals surface area contributed by atoms with Crippen molar-refractivity contribution in [2.24, 2.45) is 10.7 Å². The number of carbonyl (C=O) groups excluding carboxylic acids is 1. The molecule has 0 atom stereocenters. The number of hydrogen-bond acceptors (Lipinski definition) is 3. The first-order chi connectivity index (χ1) is 9.13. The summed E-state index contributed by atoms with van der Waals surface area (Å²) in [6, 6.07) is 9.64. The molecule has 0 spiro atoms. The maximum Gasteiger partial charge on any atom is 0.279 e. The Morgan fingerprint density at radius 1 is 1.37 bits per heavy atom. The minimum Gasteiger partial charge on any atom is -0.387 e. The van der Waals surface area contributed by atoms with Crippen LogP contribution in [0.3, 0.4) is 0 Å². The summed E-state index contributed by atoms with van der Waals surface area (Å²) in [6.45, 7) is 0. The van der Waals surface area contributed by atoms with Crippen LogP contribution < -0.4 is 5.73 Å². The lowest BCUT2D eigenvalue weighted by Gasteiger charge is -2.05. The fourth-order valence-corrected chi connectivity index (χ4v) is 3.51. The van der Waals surface area contributed by atoms with Crippen LogP contribution in [0.1, 0.15) is 25.7 Å². The molecule has 5 heteroatoms. The molecule has 3 rings (SSSR count). The van der Waals surface area contributed by atoms with E-state index < -0.39 is 0 Å². The number of benzene rings is 1. The minimum atomic E-state index is -0.236. The summed E-state index contributed by atoms with van der Waals surface area (Å²) in [4.78, 5) is 17.6. The van der Waals surface area contributed by atoms with Crippen molar-refractivity contribution in [3.05, 3.63) is 56.2 Å². The minimum absolute atomic E-state index is 0.236. The third-order valence-corrected chi connectivity index (χ3v) is 4.50. The number of fused-ring (bicyclic) bond motifs is 1. The van der Waals surface area contributed by atoms with E-state index in [9.17, 15) is 4.79 Å². The van der Waals surface area contributed by atoms with Gasteiger partial charge in [0.25, 0.3) is 5.91 Å². The zero-order valence-electron chi connectivity index (χ0n) is 10.0. The van der Waals surface area contributed by atoms with E-state index in [4.69, 9.17) is 17.3 Å². The predicted molar refractivity (Wildman–Crippen MR) is 78.2 cm³/mol. The summed E-state index contributed by atoms with van der Waals surface area (Å²) in [5, 5.41) is 0.746. The molecule has 0 saturated heterocycles. The van der Waals surface area contributed by atoms with E-state index in [1.165, 1.54) is 0 Å². The number of aliphatic imine (C=N–C) groups is 1. The van der Waals surface area contributed by atoms with Crippen molar-refractivity contribution in [1.29, 1.82) is 0 Å². The van der Waals surface area contributed by atoms with E-state index in [2.05, 4.69) is 4.99 Å². The average Bonchev–Trinajstić information content (AvgIpc) is 2.75. The molecule has 19 heavy (non-hydrogen) atoms. The first kappa shape index (κ1) is 12.4. The van der Waals surface area contributed by atoms with Crippen LogP contribution in [0.2, 0.25) is 5.02 Å². The number of amides is 1. The first-order valence-corrected chi connectivity index (χ1v) is 7.05. The fourth-order valence-electron chi connectivity index (χ4n) is 2.11. The summed E-state index contributed by atoms with van der Waals surface area (Å²) in [7, 11) is 0. The van der Waals surface area contributed by atoms with Crippen molar-refractivity contribution in [1.82, 2.24) is 0 Å². The zero-order valence-corrected chi connectivity index (χ0v) is 11.6. The van der Waals surface area contributed by atoms with E-state index in [0.29, 0.717) is 17.8 Å². The molecule has 1 aromatic carbocycles. The van der Waals surface area contributed by atoms with Crippen LogP contribution in [0.5, 0.6) is 0 Å². The number of carbonyl (C=O) groups is 1. The van der Waals surface area contributed by atoms with Gasteiger partial charge in [0.05, 0.1) is 5.56 Å². The molecule has 0 saturated carbocycles. The summed E-state index contributed by atoms with van der Waals surface area (Å²) in [5.41, 5.74) is 7.38. The predicted octanol–water partition coefficient (Wildman–Crippen LogP) is 3.05. The highest BCUT2D eigenvalue weighted by atomic mass is 35.5. The Balaban J connectivity index is 1.91. The Morgan fingerprint density at radius 2 is 2.16 bits per heavy atom. The molecule has 2 heterocycles. The van der Waals surface area contributed by atoms with Gasteiger partial charge in [0.15, 0.2) is 0 Å². The molecular formula is C14H11ClN2OS. The Morgan fingerprint density at radius 3 is 2.95 bits per heavy atom. The maximum absolute atomic E-state index is 11.7. The quantitative estimate of drug-likeness (QED) is 0.924. The lowest BCUT2D eigenvalue weighted by Crippen LogP contribution is -2.21. The van der Waals surface area contributed by atoms with Gasteiger partial charge in [0.1, 0.15) is 5.84 Å². The number of rotatable bonds is 2. The van der Waals surface area contributed by atoms with E-state index in [1.54, 1.807) is 11.3 Å². The van der Waals surface area contributed by atoms with Crippen LogP contribution in [0, 0.1) is 0 Å². The largest absolute Gasteiger partial charge is 0.387 e. The molecule has 1 aliphatic heterocycles. The van der Waals surface area contributed by atoms with E-state index >= 15 is 0 Å². The molecule has 3 nitrogen and oxygen atoms in total. The normalized spacial score (nSPS) is 14.2. The third kappa shape index (κ3) is 2.41. The number of thiophene rings is 1. The van der Waals surface area contributed by atoms with Gasteiger partial charge in [0, 0.05) is 27.6 Å². The van der Waals surface area contributed by atoms with E-state index in [-0.39, 0.29) is 5.91 Å². The molecule has 96 valence electrons. The molecule has 0 bridgehead atoms. The van der Waals surface area contributed by atoms with Gasteiger partial charge in [0.2, 0.25) is 0 Å². The van der Waals surface area contributed by atoms with Crippen molar-refractivity contribution in [2.45, 2.75) is 12.8 Å². The van der Waals surface area contributed by atoms with Crippen LogP contribution in [0.4, 0.5) is 0 Å². The highest BCUT2D eigenvalue weighted by molar-refractivity contribution is 7.12.